The highest BCUT2D eigenvalue weighted by molar-refractivity contribution is 9.10. The van der Waals surface area contributed by atoms with E-state index in [2.05, 4.69) is 15.9 Å². The molecule has 0 fully saturated rings. The van der Waals surface area contributed by atoms with Gasteiger partial charge >= 0.3 is 6.18 Å². The molecule has 2 nitrogen and oxygen atoms in total. The van der Waals surface area contributed by atoms with Gasteiger partial charge < -0.3 is 10.5 Å². The van der Waals surface area contributed by atoms with Gasteiger partial charge in [-0.05, 0) is 25.5 Å². The average molecular weight is 326 g/mol. The van der Waals surface area contributed by atoms with Crippen molar-refractivity contribution in [3.05, 3.63) is 28.2 Å². The Balaban J connectivity index is 2.58. The summed E-state index contributed by atoms with van der Waals surface area (Å²) in [5.74, 6) is 0.529. The van der Waals surface area contributed by atoms with Gasteiger partial charge in [0, 0.05) is 22.5 Å². The normalized spacial score (nSPS) is 13.4. The number of alkyl halides is 3. The highest BCUT2D eigenvalue weighted by Crippen LogP contribution is 2.28. The molecule has 1 aromatic rings. The van der Waals surface area contributed by atoms with Crippen molar-refractivity contribution in [2.75, 3.05) is 6.61 Å². The monoisotopic (exact) mass is 325 g/mol. The van der Waals surface area contributed by atoms with Gasteiger partial charge in [0.1, 0.15) is 5.75 Å². The molecule has 0 amide bonds. The second-order valence-electron chi connectivity index (χ2n) is 4.04. The second-order valence-corrected chi connectivity index (χ2v) is 4.95. The molecule has 0 radical (unpaired) electrons. The van der Waals surface area contributed by atoms with Crippen LogP contribution in [0.15, 0.2) is 22.7 Å². The van der Waals surface area contributed by atoms with Crippen LogP contribution < -0.4 is 10.5 Å². The summed E-state index contributed by atoms with van der Waals surface area (Å²) in [6, 6.07) is 5.11. The molecule has 1 aromatic carbocycles. The molecule has 0 bridgehead atoms. The molecule has 0 aromatic heterocycles. The number of halogens is 4. The van der Waals surface area contributed by atoms with Crippen LogP contribution in [0.4, 0.5) is 13.2 Å². The molecule has 6 heteroatoms. The Bertz CT molecular complexity index is 393. The summed E-state index contributed by atoms with van der Waals surface area (Å²) >= 11 is 3.29. The van der Waals surface area contributed by atoms with Gasteiger partial charge in [-0.1, -0.05) is 22.0 Å². The van der Waals surface area contributed by atoms with Gasteiger partial charge in [-0.15, -0.1) is 0 Å². The Morgan fingerprint density at radius 3 is 2.61 bits per heavy atom. The Kier molecular flexibility index (Phi) is 5.47. The number of benzene rings is 1. The summed E-state index contributed by atoms with van der Waals surface area (Å²) in [4.78, 5) is 0. The van der Waals surface area contributed by atoms with E-state index < -0.39 is 12.6 Å². The van der Waals surface area contributed by atoms with Gasteiger partial charge in [0.15, 0.2) is 0 Å². The Morgan fingerprint density at radius 1 is 1.39 bits per heavy atom. The molecule has 102 valence electrons. The Hall–Kier alpha value is -0.750. The lowest BCUT2D eigenvalue weighted by molar-refractivity contribution is -0.136. The fourth-order valence-corrected chi connectivity index (χ4v) is 1.80. The van der Waals surface area contributed by atoms with Crippen molar-refractivity contribution in [3.63, 3.8) is 0 Å². The predicted molar refractivity (Wildman–Crippen MR) is 67.5 cm³/mol. The van der Waals surface area contributed by atoms with Crippen LogP contribution in [-0.4, -0.2) is 12.8 Å². The molecule has 18 heavy (non-hydrogen) atoms. The van der Waals surface area contributed by atoms with Crippen LogP contribution in [0.25, 0.3) is 0 Å². The fourth-order valence-electron chi connectivity index (χ4n) is 1.46. The summed E-state index contributed by atoms with van der Waals surface area (Å²) in [6.45, 7) is 1.82. The van der Waals surface area contributed by atoms with Crippen LogP contribution in [0.3, 0.4) is 0 Å². The summed E-state index contributed by atoms with van der Waals surface area (Å²) in [7, 11) is 0. The molecule has 0 spiro atoms. The second kappa shape index (κ2) is 6.43. The van der Waals surface area contributed by atoms with E-state index in [4.69, 9.17) is 10.5 Å². The standard InChI is InChI=1S/C12H15BrF3NO/c1-8(17)10-4-3-9(13)7-11(10)18-6-2-5-12(14,15)16/h3-4,7-8H,2,5-6,17H2,1H3. The maximum atomic E-state index is 12.0. The maximum Gasteiger partial charge on any atom is 0.389 e. The molecule has 0 aliphatic rings. The van der Waals surface area contributed by atoms with E-state index >= 15 is 0 Å². The average Bonchev–Trinajstić information content (AvgIpc) is 2.22. The summed E-state index contributed by atoms with van der Waals surface area (Å²) in [6.07, 6.45) is -5.03. The van der Waals surface area contributed by atoms with E-state index in [0.717, 1.165) is 10.0 Å². The molecule has 1 rings (SSSR count). The minimum atomic E-state index is -4.13. The molecule has 0 saturated heterocycles. The van der Waals surface area contributed by atoms with Gasteiger partial charge in [-0.25, -0.2) is 0 Å². The zero-order valence-electron chi connectivity index (χ0n) is 9.93. The van der Waals surface area contributed by atoms with Crippen molar-refractivity contribution in [1.82, 2.24) is 0 Å². The fraction of sp³-hybridized carbons (Fsp3) is 0.500. The van der Waals surface area contributed by atoms with Gasteiger partial charge in [0.2, 0.25) is 0 Å². The van der Waals surface area contributed by atoms with E-state index in [0.29, 0.717) is 5.75 Å². The van der Waals surface area contributed by atoms with Crippen LogP contribution in [0.1, 0.15) is 31.4 Å². The Labute approximate surface area is 112 Å². The quantitative estimate of drug-likeness (QED) is 0.824. The van der Waals surface area contributed by atoms with Gasteiger partial charge in [-0.3, -0.25) is 0 Å². The Morgan fingerprint density at radius 2 is 2.06 bits per heavy atom. The van der Waals surface area contributed by atoms with Crippen LogP contribution in [0, 0.1) is 0 Å². The summed E-state index contributed by atoms with van der Waals surface area (Å²) in [5.41, 5.74) is 6.55. The van der Waals surface area contributed by atoms with Crippen molar-refractivity contribution in [1.29, 1.82) is 0 Å². The predicted octanol–water partition coefficient (Wildman–Crippen LogP) is 4.19. The number of hydrogen-bond acceptors (Lipinski definition) is 2. The van der Waals surface area contributed by atoms with Crippen molar-refractivity contribution in [3.8, 4) is 5.75 Å². The molecule has 0 heterocycles. The molecule has 2 N–H and O–H groups in total. The van der Waals surface area contributed by atoms with Crippen molar-refractivity contribution in [2.24, 2.45) is 5.73 Å². The van der Waals surface area contributed by atoms with Crippen LogP contribution in [0.2, 0.25) is 0 Å². The number of ether oxygens (including phenoxy) is 1. The maximum absolute atomic E-state index is 12.0. The van der Waals surface area contributed by atoms with Gasteiger partial charge in [-0.2, -0.15) is 13.2 Å². The molecule has 0 aliphatic heterocycles. The number of hydrogen-bond donors (Lipinski definition) is 1. The zero-order valence-corrected chi connectivity index (χ0v) is 11.5. The highest BCUT2D eigenvalue weighted by atomic mass is 79.9. The van der Waals surface area contributed by atoms with Crippen LogP contribution in [-0.2, 0) is 0 Å². The van der Waals surface area contributed by atoms with Crippen molar-refractivity contribution >= 4 is 15.9 Å². The lowest BCUT2D eigenvalue weighted by Gasteiger charge is -2.14. The summed E-state index contributed by atoms with van der Waals surface area (Å²) < 4.78 is 42.1. The molecule has 0 aliphatic carbocycles. The lowest BCUT2D eigenvalue weighted by atomic mass is 10.1. The number of nitrogens with two attached hydrogens (primary N) is 1. The van der Waals surface area contributed by atoms with Gasteiger partial charge in [0.05, 0.1) is 6.61 Å². The third-order valence-electron chi connectivity index (χ3n) is 2.33. The SMILES string of the molecule is CC(N)c1ccc(Br)cc1OCCCC(F)(F)F. The van der Waals surface area contributed by atoms with Crippen LogP contribution >= 0.6 is 15.9 Å². The first-order valence-electron chi connectivity index (χ1n) is 5.54. The molecular weight excluding hydrogens is 311 g/mol. The smallest absolute Gasteiger partial charge is 0.389 e. The zero-order chi connectivity index (χ0) is 13.8. The first-order valence-corrected chi connectivity index (χ1v) is 6.33. The third-order valence-corrected chi connectivity index (χ3v) is 2.82. The molecule has 1 atom stereocenters. The van der Waals surface area contributed by atoms with Crippen molar-refractivity contribution in [2.45, 2.75) is 32.0 Å². The van der Waals surface area contributed by atoms with E-state index in [1.54, 1.807) is 19.1 Å². The van der Waals surface area contributed by atoms with Crippen LogP contribution in [0.5, 0.6) is 5.75 Å². The largest absolute Gasteiger partial charge is 0.493 e. The minimum Gasteiger partial charge on any atom is -0.493 e. The third kappa shape index (κ3) is 5.27. The highest BCUT2D eigenvalue weighted by Gasteiger charge is 2.26. The topological polar surface area (TPSA) is 35.2 Å². The molecule has 0 saturated carbocycles. The van der Waals surface area contributed by atoms with E-state index in [9.17, 15) is 13.2 Å². The van der Waals surface area contributed by atoms with Crippen molar-refractivity contribution < 1.29 is 17.9 Å². The molecular formula is C12H15BrF3NO. The first-order chi connectivity index (χ1) is 8.29. The minimum absolute atomic E-state index is 0.0235. The summed E-state index contributed by atoms with van der Waals surface area (Å²) in [5, 5.41) is 0. The van der Waals surface area contributed by atoms with E-state index in [1.807, 2.05) is 6.07 Å². The van der Waals surface area contributed by atoms with E-state index in [-0.39, 0.29) is 19.1 Å². The lowest BCUT2D eigenvalue weighted by Crippen LogP contribution is -2.11. The molecule has 1 unspecified atom stereocenters. The van der Waals surface area contributed by atoms with Gasteiger partial charge in [0.25, 0.3) is 0 Å². The number of rotatable bonds is 5. The van der Waals surface area contributed by atoms with E-state index in [1.165, 1.54) is 0 Å². The first kappa shape index (κ1) is 15.3.